The summed E-state index contributed by atoms with van der Waals surface area (Å²) in [4.78, 5) is 8.41. The molecular formula is C12H14N4O. The highest BCUT2D eigenvalue weighted by Gasteiger charge is 2.00. The molecule has 0 saturated heterocycles. The normalized spacial score (nSPS) is 10.0. The molecule has 0 spiro atoms. The van der Waals surface area contributed by atoms with Crippen molar-refractivity contribution in [3.63, 3.8) is 0 Å². The number of aromatic nitrogens is 2. The number of nitrogens with two attached hydrogens (primary N) is 1. The van der Waals surface area contributed by atoms with Gasteiger partial charge in [0.2, 0.25) is 5.88 Å². The van der Waals surface area contributed by atoms with Crippen LogP contribution in [0, 0.1) is 6.92 Å². The average Bonchev–Trinajstić information content (AvgIpc) is 2.35. The molecule has 17 heavy (non-hydrogen) atoms. The van der Waals surface area contributed by atoms with Gasteiger partial charge in [-0.25, -0.2) is 9.97 Å². The number of nitrogens with zero attached hydrogens (tertiary/aromatic N) is 2. The van der Waals surface area contributed by atoms with E-state index in [2.05, 4.69) is 15.3 Å². The van der Waals surface area contributed by atoms with Crippen molar-refractivity contribution in [2.24, 2.45) is 0 Å². The summed E-state index contributed by atoms with van der Waals surface area (Å²) >= 11 is 0. The topological polar surface area (TPSA) is 73.1 Å². The molecule has 2 rings (SSSR count). The summed E-state index contributed by atoms with van der Waals surface area (Å²) in [5, 5.41) is 3.14. The Morgan fingerprint density at radius 1 is 1.24 bits per heavy atom. The minimum absolute atomic E-state index is 0.581. The minimum atomic E-state index is 0.581. The van der Waals surface area contributed by atoms with Gasteiger partial charge in [-0.3, -0.25) is 0 Å². The molecule has 3 N–H and O–H groups in total. The van der Waals surface area contributed by atoms with E-state index in [1.54, 1.807) is 19.4 Å². The van der Waals surface area contributed by atoms with Gasteiger partial charge in [-0.15, -0.1) is 0 Å². The maximum atomic E-state index is 5.70. The van der Waals surface area contributed by atoms with Gasteiger partial charge in [0.15, 0.2) is 0 Å². The van der Waals surface area contributed by atoms with Crippen LogP contribution in [0.2, 0.25) is 0 Å². The predicted octanol–water partition coefficient (Wildman–Crippen LogP) is 2.12. The van der Waals surface area contributed by atoms with Crippen molar-refractivity contribution in [2.75, 3.05) is 18.2 Å². The van der Waals surface area contributed by atoms with Crippen LogP contribution in [0.15, 0.2) is 30.5 Å². The third-order valence-electron chi connectivity index (χ3n) is 2.34. The van der Waals surface area contributed by atoms with Gasteiger partial charge in [-0.1, -0.05) is 0 Å². The van der Waals surface area contributed by atoms with Crippen molar-refractivity contribution in [1.29, 1.82) is 0 Å². The lowest BCUT2D eigenvalue weighted by Gasteiger charge is -2.07. The number of rotatable bonds is 3. The fraction of sp³-hybridized carbons (Fsp3) is 0.167. The van der Waals surface area contributed by atoms with Gasteiger partial charge < -0.3 is 15.8 Å². The van der Waals surface area contributed by atoms with Crippen LogP contribution < -0.4 is 15.8 Å². The second kappa shape index (κ2) is 4.69. The monoisotopic (exact) mass is 230 g/mol. The van der Waals surface area contributed by atoms with E-state index in [9.17, 15) is 0 Å². The SMILES string of the molecule is COc1ccc(Nc2ccc(N)c(C)n2)cn1. The van der Waals surface area contributed by atoms with Gasteiger partial charge in [-0.05, 0) is 25.1 Å². The van der Waals surface area contributed by atoms with E-state index in [1.807, 2.05) is 25.1 Å². The molecule has 2 aromatic rings. The summed E-state index contributed by atoms with van der Waals surface area (Å²) in [7, 11) is 1.58. The van der Waals surface area contributed by atoms with Crippen LogP contribution in [0.4, 0.5) is 17.2 Å². The second-order valence-electron chi connectivity index (χ2n) is 3.59. The molecule has 0 atom stereocenters. The molecule has 2 heterocycles. The van der Waals surface area contributed by atoms with Crippen LogP contribution in [0.5, 0.6) is 5.88 Å². The maximum Gasteiger partial charge on any atom is 0.213 e. The highest BCUT2D eigenvalue weighted by Crippen LogP contribution is 2.18. The highest BCUT2D eigenvalue weighted by atomic mass is 16.5. The number of aryl methyl sites for hydroxylation is 1. The van der Waals surface area contributed by atoms with E-state index < -0.39 is 0 Å². The Morgan fingerprint density at radius 3 is 2.65 bits per heavy atom. The van der Waals surface area contributed by atoms with E-state index in [0.29, 0.717) is 11.6 Å². The number of nitrogens with one attached hydrogen (secondary N) is 1. The van der Waals surface area contributed by atoms with Crippen LogP contribution in [0.25, 0.3) is 0 Å². The van der Waals surface area contributed by atoms with Gasteiger partial charge in [0.05, 0.1) is 30.4 Å². The zero-order valence-electron chi connectivity index (χ0n) is 9.77. The third kappa shape index (κ3) is 2.63. The van der Waals surface area contributed by atoms with Crippen molar-refractivity contribution >= 4 is 17.2 Å². The Labute approximate surface area is 99.7 Å². The molecule has 0 saturated carbocycles. The van der Waals surface area contributed by atoms with Crippen LogP contribution >= 0.6 is 0 Å². The first-order valence-electron chi connectivity index (χ1n) is 5.19. The molecule has 2 aromatic heterocycles. The van der Waals surface area contributed by atoms with Gasteiger partial charge in [-0.2, -0.15) is 0 Å². The molecule has 0 amide bonds. The highest BCUT2D eigenvalue weighted by molar-refractivity contribution is 5.58. The number of pyridine rings is 2. The van der Waals surface area contributed by atoms with Crippen LogP contribution in [-0.4, -0.2) is 17.1 Å². The number of hydrogen-bond acceptors (Lipinski definition) is 5. The van der Waals surface area contributed by atoms with Gasteiger partial charge >= 0.3 is 0 Å². The quantitative estimate of drug-likeness (QED) is 0.844. The van der Waals surface area contributed by atoms with E-state index in [0.717, 1.165) is 17.2 Å². The molecule has 0 aliphatic rings. The van der Waals surface area contributed by atoms with Crippen LogP contribution in [0.3, 0.4) is 0 Å². The fourth-order valence-corrected chi connectivity index (χ4v) is 1.36. The summed E-state index contributed by atoms with van der Waals surface area (Å²) in [6.07, 6.45) is 1.69. The number of ether oxygens (including phenoxy) is 1. The fourth-order valence-electron chi connectivity index (χ4n) is 1.36. The Morgan fingerprint density at radius 2 is 2.06 bits per heavy atom. The molecule has 0 bridgehead atoms. The van der Waals surface area contributed by atoms with Crippen LogP contribution in [0.1, 0.15) is 5.69 Å². The predicted molar refractivity (Wildman–Crippen MR) is 67.5 cm³/mol. The molecule has 0 aliphatic heterocycles. The van der Waals surface area contributed by atoms with Gasteiger partial charge in [0, 0.05) is 6.07 Å². The van der Waals surface area contributed by atoms with Crippen molar-refractivity contribution in [3.05, 3.63) is 36.2 Å². The zero-order valence-corrected chi connectivity index (χ0v) is 9.77. The first-order chi connectivity index (χ1) is 8.19. The standard InChI is InChI=1S/C12H14N4O/c1-8-10(13)4-5-11(15-8)16-9-3-6-12(17-2)14-7-9/h3-7H,13H2,1-2H3,(H,15,16). The lowest BCUT2D eigenvalue weighted by atomic mass is 10.3. The molecule has 0 radical (unpaired) electrons. The zero-order chi connectivity index (χ0) is 12.3. The van der Waals surface area contributed by atoms with E-state index >= 15 is 0 Å². The van der Waals surface area contributed by atoms with Gasteiger partial charge in [0.1, 0.15) is 5.82 Å². The Kier molecular flexibility index (Phi) is 3.09. The van der Waals surface area contributed by atoms with E-state index in [4.69, 9.17) is 10.5 Å². The maximum absolute atomic E-state index is 5.70. The molecule has 0 unspecified atom stereocenters. The summed E-state index contributed by atoms with van der Waals surface area (Å²) in [6.45, 7) is 1.87. The van der Waals surface area contributed by atoms with Crippen LogP contribution in [-0.2, 0) is 0 Å². The molecular weight excluding hydrogens is 216 g/mol. The lowest BCUT2D eigenvalue weighted by molar-refractivity contribution is 0.398. The number of nitrogen functional groups attached to an aromatic ring is 1. The first-order valence-corrected chi connectivity index (χ1v) is 5.19. The molecule has 5 heteroatoms. The Bertz CT molecular complexity index is 510. The molecule has 0 fully saturated rings. The minimum Gasteiger partial charge on any atom is -0.481 e. The van der Waals surface area contributed by atoms with Crippen molar-refractivity contribution in [1.82, 2.24) is 9.97 Å². The Balaban J connectivity index is 2.16. The molecule has 5 nitrogen and oxygen atoms in total. The molecule has 0 aromatic carbocycles. The van der Waals surface area contributed by atoms with Crippen molar-refractivity contribution in [3.8, 4) is 5.88 Å². The van der Waals surface area contributed by atoms with E-state index in [1.165, 1.54) is 0 Å². The number of hydrogen-bond donors (Lipinski definition) is 2. The Hall–Kier alpha value is -2.30. The lowest BCUT2D eigenvalue weighted by Crippen LogP contribution is -1.98. The molecule has 88 valence electrons. The summed E-state index contributed by atoms with van der Waals surface area (Å²) in [6, 6.07) is 7.31. The average molecular weight is 230 g/mol. The summed E-state index contributed by atoms with van der Waals surface area (Å²) in [5.41, 5.74) is 8.04. The number of anilines is 3. The largest absolute Gasteiger partial charge is 0.481 e. The number of methoxy groups -OCH3 is 1. The smallest absolute Gasteiger partial charge is 0.213 e. The molecule has 0 aliphatic carbocycles. The first kappa shape index (κ1) is 11.2. The summed E-state index contributed by atoms with van der Waals surface area (Å²) < 4.78 is 4.98. The van der Waals surface area contributed by atoms with Crippen molar-refractivity contribution < 1.29 is 4.74 Å². The summed E-state index contributed by atoms with van der Waals surface area (Å²) in [5.74, 6) is 1.32. The van der Waals surface area contributed by atoms with Gasteiger partial charge in [0.25, 0.3) is 0 Å². The van der Waals surface area contributed by atoms with E-state index in [-0.39, 0.29) is 0 Å². The third-order valence-corrected chi connectivity index (χ3v) is 2.34. The van der Waals surface area contributed by atoms with Crippen molar-refractivity contribution in [2.45, 2.75) is 6.92 Å². The second-order valence-corrected chi connectivity index (χ2v) is 3.59.